The molecule has 11 heteroatoms. The predicted molar refractivity (Wildman–Crippen MR) is 153 cm³/mol. The van der Waals surface area contributed by atoms with Crippen molar-refractivity contribution in [3.8, 4) is 11.1 Å². The van der Waals surface area contributed by atoms with Crippen LogP contribution in [0.25, 0.3) is 38.9 Å². The van der Waals surface area contributed by atoms with Crippen molar-refractivity contribution in [1.82, 2.24) is 34.4 Å². The summed E-state index contributed by atoms with van der Waals surface area (Å²) < 4.78 is 7.48. The molecule has 1 saturated heterocycles. The monoisotopic (exact) mass is 539 g/mol. The molecule has 1 fully saturated rings. The van der Waals surface area contributed by atoms with Crippen LogP contribution in [0.1, 0.15) is 12.8 Å². The number of anilines is 3. The highest BCUT2D eigenvalue weighted by Gasteiger charge is 2.18. The molecule has 1 N–H and O–H groups in total. The maximum absolute atomic E-state index is 6.66. The van der Waals surface area contributed by atoms with E-state index in [1.807, 2.05) is 23.5 Å². The lowest BCUT2D eigenvalue weighted by Gasteiger charge is -2.35. The third kappa shape index (κ3) is 4.31. The number of hydrogen-bond acceptors (Lipinski definition) is 9. The van der Waals surface area contributed by atoms with Crippen LogP contribution >= 0.6 is 11.6 Å². The molecule has 0 saturated carbocycles. The Bertz CT molecular complexity index is 1820. The van der Waals surface area contributed by atoms with E-state index >= 15 is 0 Å². The average Bonchev–Trinajstić information content (AvgIpc) is 3.59. The molecule has 0 aliphatic carbocycles. The topological polar surface area (TPSA) is 101 Å². The Morgan fingerprint density at radius 2 is 1.79 bits per heavy atom. The number of piperazine rings is 1. The molecule has 0 radical (unpaired) electrons. The van der Waals surface area contributed by atoms with E-state index in [1.165, 1.54) is 5.69 Å². The van der Waals surface area contributed by atoms with Gasteiger partial charge in [0, 0.05) is 73.3 Å². The Kier molecular flexibility index (Phi) is 5.79. The van der Waals surface area contributed by atoms with Gasteiger partial charge < -0.3 is 19.5 Å². The smallest absolute Gasteiger partial charge is 0.229 e. The summed E-state index contributed by atoms with van der Waals surface area (Å²) in [7, 11) is 0. The molecular weight excluding hydrogens is 514 g/mol. The third-order valence-electron chi connectivity index (χ3n) is 7.30. The number of nitrogens with zero attached hydrogens (tertiary/aromatic N) is 8. The molecular formula is C28H26ClN9O. The zero-order valence-corrected chi connectivity index (χ0v) is 22.4. The van der Waals surface area contributed by atoms with Gasteiger partial charge in [-0.25, -0.2) is 9.97 Å². The summed E-state index contributed by atoms with van der Waals surface area (Å²) in [6.07, 6.45) is 3.44. The number of halogens is 1. The highest BCUT2D eigenvalue weighted by molar-refractivity contribution is 6.34. The zero-order chi connectivity index (χ0) is 26.5. The normalized spacial score (nSPS) is 14.6. The minimum Gasteiger partial charge on any atom is -0.441 e. The van der Waals surface area contributed by atoms with Crippen molar-refractivity contribution in [3.63, 3.8) is 0 Å². The average molecular weight is 540 g/mol. The first kappa shape index (κ1) is 23.8. The summed E-state index contributed by atoms with van der Waals surface area (Å²) in [5, 5.41) is 13.2. The fourth-order valence-electron chi connectivity index (χ4n) is 5.21. The molecule has 4 aromatic heterocycles. The zero-order valence-electron chi connectivity index (χ0n) is 21.6. The first-order chi connectivity index (χ1) is 19.1. The van der Waals surface area contributed by atoms with E-state index in [2.05, 4.69) is 66.5 Å². The highest BCUT2D eigenvalue weighted by atomic mass is 35.5. The lowest BCUT2D eigenvalue weighted by molar-refractivity contribution is 0.271. The number of nitrogens with one attached hydrogen (secondary N) is 1. The summed E-state index contributed by atoms with van der Waals surface area (Å²) >= 11 is 6.66. The van der Waals surface area contributed by atoms with Crippen molar-refractivity contribution in [3.05, 3.63) is 65.9 Å². The van der Waals surface area contributed by atoms with Gasteiger partial charge in [-0.1, -0.05) is 18.5 Å². The molecule has 7 rings (SSSR count). The van der Waals surface area contributed by atoms with Crippen LogP contribution in [0.4, 0.5) is 17.3 Å². The molecule has 1 aliphatic rings. The predicted octanol–water partition coefficient (Wildman–Crippen LogP) is 5.33. The molecule has 0 unspecified atom stereocenters. The van der Waals surface area contributed by atoms with Crippen molar-refractivity contribution >= 4 is 56.7 Å². The van der Waals surface area contributed by atoms with Crippen LogP contribution in [0.3, 0.4) is 0 Å². The molecule has 6 aromatic rings. The van der Waals surface area contributed by atoms with Gasteiger partial charge >= 0.3 is 0 Å². The van der Waals surface area contributed by atoms with E-state index in [9.17, 15) is 0 Å². The number of oxazole rings is 1. The number of aromatic nitrogens is 6. The van der Waals surface area contributed by atoms with E-state index in [0.29, 0.717) is 33.7 Å². The highest BCUT2D eigenvalue weighted by Crippen LogP contribution is 2.36. The second kappa shape index (κ2) is 9.48. The number of hydrogen-bond donors (Lipinski definition) is 1. The van der Waals surface area contributed by atoms with Crippen molar-refractivity contribution in [2.75, 3.05) is 42.9 Å². The Morgan fingerprint density at radius 1 is 0.974 bits per heavy atom. The van der Waals surface area contributed by atoms with E-state index in [0.717, 1.165) is 60.4 Å². The molecule has 196 valence electrons. The Labute approximate surface area is 229 Å². The van der Waals surface area contributed by atoms with Crippen molar-refractivity contribution in [2.24, 2.45) is 0 Å². The summed E-state index contributed by atoms with van der Waals surface area (Å²) in [6.45, 7) is 9.42. The molecule has 0 amide bonds. The van der Waals surface area contributed by atoms with Gasteiger partial charge in [0.25, 0.3) is 0 Å². The molecule has 10 nitrogen and oxygen atoms in total. The summed E-state index contributed by atoms with van der Waals surface area (Å²) in [4.78, 5) is 18.7. The Balaban J connectivity index is 1.19. The fraction of sp³-hybridized carbons (Fsp3) is 0.250. The standard InChI is InChI=1S/C28H26ClN9O/c1-3-36-8-10-37(11-9-36)20-6-4-19(5-7-20)33-28-30-15-18-12-22(27-35-31-16-38(27)26(18)34-28)21-13-24-25(14-23(21)29)39-17(2)32-24/h4-7,12-16H,3,8-11H2,1-2H3,(H,30,33,34). The third-order valence-corrected chi connectivity index (χ3v) is 7.61. The van der Waals surface area contributed by atoms with Crippen LogP contribution in [0.2, 0.25) is 5.02 Å². The number of aryl methyl sites for hydroxylation is 1. The molecule has 1 aliphatic heterocycles. The van der Waals surface area contributed by atoms with Gasteiger partial charge in [0.15, 0.2) is 22.8 Å². The molecule has 2 aromatic carbocycles. The van der Waals surface area contributed by atoms with Crippen LogP contribution < -0.4 is 10.2 Å². The van der Waals surface area contributed by atoms with Crippen molar-refractivity contribution in [1.29, 1.82) is 0 Å². The quantitative estimate of drug-likeness (QED) is 0.311. The Hall–Kier alpha value is -4.28. The molecule has 0 atom stereocenters. The summed E-state index contributed by atoms with van der Waals surface area (Å²) in [6, 6.07) is 14.1. The second-order valence-electron chi connectivity index (χ2n) is 9.68. The van der Waals surface area contributed by atoms with Gasteiger partial charge in [-0.15, -0.1) is 10.2 Å². The van der Waals surface area contributed by atoms with Gasteiger partial charge in [0.05, 0.1) is 5.02 Å². The van der Waals surface area contributed by atoms with E-state index in [1.54, 1.807) is 18.6 Å². The number of pyridine rings is 1. The maximum Gasteiger partial charge on any atom is 0.229 e. The first-order valence-corrected chi connectivity index (χ1v) is 13.3. The lowest BCUT2D eigenvalue weighted by atomic mass is 10.1. The first-order valence-electron chi connectivity index (χ1n) is 13.0. The van der Waals surface area contributed by atoms with Crippen LogP contribution in [0.15, 0.2) is 59.4 Å². The molecule has 39 heavy (non-hydrogen) atoms. The fourth-order valence-corrected chi connectivity index (χ4v) is 5.46. The molecule has 0 spiro atoms. The number of fused-ring (bicyclic) bond motifs is 4. The van der Waals surface area contributed by atoms with Crippen LogP contribution in [0.5, 0.6) is 0 Å². The van der Waals surface area contributed by atoms with Gasteiger partial charge in [-0.05, 0) is 42.9 Å². The van der Waals surface area contributed by atoms with E-state index in [-0.39, 0.29) is 0 Å². The van der Waals surface area contributed by atoms with Gasteiger partial charge in [0.2, 0.25) is 5.95 Å². The molecule has 5 heterocycles. The van der Waals surface area contributed by atoms with Crippen LogP contribution in [0, 0.1) is 6.92 Å². The van der Waals surface area contributed by atoms with E-state index < -0.39 is 0 Å². The number of likely N-dealkylation sites (N-methyl/N-ethyl adjacent to an activating group) is 1. The van der Waals surface area contributed by atoms with Crippen molar-refractivity contribution in [2.45, 2.75) is 13.8 Å². The van der Waals surface area contributed by atoms with Crippen molar-refractivity contribution < 1.29 is 4.42 Å². The maximum atomic E-state index is 6.66. The summed E-state index contributed by atoms with van der Waals surface area (Å²) in [5.74, 6) is 1.08. The number of benzene rings is 2. The minimum atomic E-state index is 0.493. The van der Waals surface area contributed by atoms with Gasteiger partial charge in [-0.3, -0.25) is 4.40 Å². The van der Waals surface area contributed by atoms with Crippen LogP contribution in [-0.4, -0.2) is 67.2 Å². The molecule has 0 bridgehead atoms. The van der Waals surface area contributed by atoms with Crippen LogP contribution in [-0.2, 0) is 0 Å². The largest absolute Gasteiger partial charge is 0.441 e. The van der Waals surface area contributed by atoms with Gasteiger partial charge in [-0.2, -0.15) is 4.98 Å². The van der Waals surface area contributed by atoms with Gasteiger partial charge in [0.1, 0.15) is 11.8 Å². The lowest BCUT2D eigenvalue weighted by Crippen LogP contribution is -2.46. The van der Waals surface area contributed by atoms with E-state index in [4.69, 9.17) is 21.0 Å². The minimum absolute atomic E-state index is 0.493. The Morgan fingerprint density at radius 3 is 2.59 bits per heavy atom. The summed E-state index contributed by atoms with van der Waals surface area (Å²) in [5.41, 5.74) is 6.46. The SMILES string of the molecule is CCN1CCN(c2ccc(Nc3ncc4cc(-c5cc6nc(C)oc6cc5Cl)c5nncn5c4n3)cc2)CC1. The number of rotatable bonds is 5. The second-order valence-corrected chi connectivity index (χ2v) is 10.1.